The van der Waals surface area contributed by atoms with Crippen molar-refractivity contribution in [1.29, 1.82) is 0 Å². The molecule has 0 bridgehead atoms. The van der Waals surface area contributed by atoms with Gasteiger partial charge in [0.2, 0.25) is 5.91 Å². The maximum absolute atomic E-state index is 10.0. The van der Waals surface area contributed by atoms with E-state index < -0.39 is 0 Å². The van der Waals surface area contributed by atoms with Crippen molar-refractivity contribution in [1.82, 2.24) is 4.90 Å². The van der Waals surface area contributed by atoms with Gasteiger partial charge in [-0.2, -0.15) is 0 Å². The summed E-state index contributed by atoms with van der Waals surface area (Å²) in [5.41, 5.74) is 4.85. The fourth-order valence-electron chi connectivity index (χ4n) is 0.449. The van der Waals surface area contributed by atoms with E-state index in [1.54, 1.807) is 0 Å². The van der Waals surface area contributed by atoms with E-state index in [2.05, 4.69) is 13.8 Å². The summed E-state index contributed by atoms with van der Waals surface area (Å²) < 4.78 is 0. The van der Waals surface area contributed by atoms with Gasteiger partial charge in [-0.3, -0.25) is 9.69 Å². The molecule has 0 aromatic rings. The highest BCUT2D eigenvalue weighted by atomic mass is 16.1. The third-order valence-corrected chi connectivity index (χ3v) is 1.42. The second kappa shape index (κ2) is 6.16. The molecule has 66 valence electrons. The molecular weight excluding hydrogens is 140 g/mol. The number of carbonyl (C=O) groups excluding carboxylic acids is 1. The average molecular weight is 158 g/mol. The Hall–Kier alpha value is -0.570. The topological polar surface area (TPSA) is 46.1 Å². The van der Waals surface area contributed by atoms with Crippen molar-refractivity contribution in [3.63, 3.8) is 0 Å². The van der Waals surface area contributed by atoms with Gasteiger partial charge in [-0.15, -0.1) is 0 Å². The number of hydrogen-bond acceptors (Lipinski definition) is 2. The molecule has 0 aliphatic carbocycles. The second-order valence-corrected chi connectivity index (χ2v) is 2.74. The molecule has 1 aliphatic rings. The predicted octanol–water partition coefficient (Wildman–Crippen LogP) is 0.594. The van der Waals surface area contributed by atoms with Gasteiger partial charge in [0.1, 0.15) is 0 Å². The standard InChI is InChI=1S/C4H8N2O.C4H10/c5-4(7)3-6-1-2-6;1-3-4-2/h1-3H2,(H2,5,7);3-4H2,1-2H3. The number of amides is 1. The Morgan fingerprint density at radius 2 is 1.82 bits per heavy atom. The molecular formula is C8H18N2O. The third-order valence-electron chi connectivity index (χ3n) is 1.42. The lowest BCUT2D eigenvalue weighted by Crippen LogP contribution is -2.21. The first-order chi connectivity index (χ1) is 5.20. The first-order valence-corrected chi connectivity index (χ1v) is 4.21. The lowest BCUT2D eigenvalue weighted by Gasteiger charge is -1.89. The zero-order chi connectivity index (χ0) is 8.69. The lowest BCUT2D eigenvalue weighted by atomic mass is 10.4. The van der Waals surface area contributed by atoms with Gasteiger partial charge in [-0.1, -0.05) is 26.7 Å². The van der Waals surface area contributed by atoms with Crippen LogP contribution in [0, 0.1) is 0 Å². The van der Waals surface area contributed by atoms with Crippen LogP contribution in [0.4, 0.5) is 0 Å². The van der Waals surface area contributed by atoms with Gasteiger partial charge in [0.15, 0.2) is 0 Å². The van der Waals surface area contributed by atoms with Crippen molar-refractivity contribution in [3.05, 3.63) is 0 Å². The Kier molecular flexibility index (Phi) is 5.84. The van der Waals surface area contributed by atoms with Crippen molar-refractivity contribution in [2.24, 2.45) is 5.73 Å². The molecule has 0 radical (unpaired) electrons. The van der Waals surface area contributed by atoms with Crippen LogP contribution in [0.2, 0.25) is 0 Å². The first kappa shape index (κ1) is 10.4. The average Bonchev–Trinajstić information content (AvgIpc) is 2.71. The summed E-state index contributed by atoms with van der Waals surface area (Å²) in [6.07, 6.45) is 2.64. The normalized spacial score (nSPS) is 15.1. The van der Waals surface area contributed by atoms with Gasteiger partial charge in [-0.05, 0) is 0 Å². The van der Waals surface area contributed by atoms with E-state index in [1.807, 2.05) is 4.90 Å². The molecule has 1 saturated heterocycles. The summed E-state index contributed by atoms with van der Waals surface area (Å²) >= 11 is 0. The second-order valence-electron chi connectivity index (χ2n) is 2.74. The van der Waals surface area contributed by atoms with Crippen LogP contribution in [0.25, 0.3) is 0 Å². The van der Waals surface area contributed by atoms with Crippen LogP contribution in [0.3, 0.4) is 0 Å². The molecule has 3 heteroatoms. The number of rotatable bonds is 3. The van der Waals surface area contributed by atoms with E-state index in [1.165, 1.54) is 12.8 Å². The maximum Gasteiger partial charge on any atom is 0.231 e. The molecule has 0 unspecified atom stereocenters. The fraction of sp³-hybridized carbons (Fsp3) is 0.875. The molecule has 11 heavy (non-hydrogen) atoms. The van der Waals surface area contributed by atoms with Crippen LogP contribution in [0.1, 0.15) is 26.7 Å². The zero-order valence-corrected chi connectivity index (χ0v) is 7.47. The Morgan fingerprint density at radius 1 is 1.36 bits per heavy atom. The summed E-state index contributed by atoms with van der Waals surface area (Å²) in [4.78, 5) is 12.0. The summed E-state index contributed by atoms with van der Waals surface area (Å²) in [5.74, 6) is -0.225. The molecule has 0 aromatic heterocycles. The van der Waals surface area contributed by atoms with Gasteiger partial charge in [-0.25, -0.2) is 0 Å². The molecule has 1 amide bonds. The highest BCUT2D eigenvalue weighted by molar-refractivity contribution is 5.76. The number of nitrogens with zero attached hydrogens (tertiary/aromatic N) is 1. The molecule has 2 N–H and O–H groups in total. The monoisotopic (exact) mass is 158 g/mol. The number of unbranched alkanes of at least 4 members (excludes halogenated alkanes) is 1. The molecule has 3 nitrogen and oxygen atoms in total. The summed E-state index contributed by atoms with van der Waals surface area (Å²) in [7, 11) is 0. The third kappa shape index (κ3) is 9.43. The van der Waals surface area contributed by atoms with E-state index in [4.69, 9.17) is 5.73 Å². The first-order valence-electron chi connectivity index (χ1n) is 4.21. The zero-order valence-electron chi connectivity index (χ0n) is 7.47. The predicted molar refractivity (Wildman–Crippen MR) is 46.2 cm³/mol. The van der Waals surface area contributed by atoms with Crippen LogP contribution < -0.4 is 5.73 Å². The van der Waals surface area contributed by atoms with Crippen molar-refractivity contribution in [2.75, 3.05) is 19.6 Å². The minimum Gasteiger partial charge on any atom is -0.369 e. The van der Waals surface area contributed by atoms with E-state index in [0.717, 1.165) is 13.1 Å². The Balaban J connectivity index is 0.000000218. The van der Waals surface area contributed by atoms with Crippen LogP contribution >= 0.6 is 0 Å². The van der Waals surface area contributed by atoms with Gasteiger partial charge in [0.05, 0.1) is 6.54 Å². The van der Waals surface area contributed by atoms with E-state index >= 15 is 0 Å². The number of carbonyl (C=O) groups is 1. The molecule has 1 aliphatic heterocycles. The Morgan fingerprint density at radius 3 is 1.91 bits per heavy atom. The van der Waals surface area contributed by atoms with Crippen LogP contribution in [-0.4, -0.2) is 30.4 Å². The van der Waals surface area contributed by atoms with Gasteiger partial charge in [0, 0.05) is 13.1 Å². The van der Waals surface area contributed by atoms with Crippen molar-refractivity contribution >= 4 is 5.91 Å². The van der Waals surface area contributed by atoms with E-state index in [-0.39, 0.29) is 5.91 Å². The summed E-state index contributed by atoms with van der Waals surface area (Å²) in [6.45, 7) is 6.89. The molecule has 0 aromatic carbocycles. The van der Waals surface area contributed by atoms with Crippen molar-refractivity contribution in [3.8, 4) is 0 Å². The minimum atomic E-state index is -0.225. The lowest BCUT2D eigenvalue weighted by molar-refractivity contribution is -0.118. The summed E-state index contributed by atoms with van der Waals surface area (Å²) in [6, 6.07) is 0. The van der Waals surface area contributed by atoms with E-state index in [9.17, 15) is 4.79 Å². The smallest absolute Gasteiger partial charge is 0.231 e. The number of nitrogens with two attached hydrogens (primary N) is 1. The molecule has 1 rings (SSSR count). The van der Waals surface area contributed by atoms with E-state index in [0.29, 0.717) is 6.54 Å². The van der Waals surface area contributed by atoms with Crippen LogP contribution in [0.15, 0.2) is 0 Å². The SMILES string of the molecule is CCCC.NC(=O)CN1CC1. The van der Waals surface area contributed by atoms with Crippen molar-refractivity contribution in [2.45, 2.75) is 26.7 Å². The Bertz CT molecular complexity index is 109. The maximum atomic E-state index is 10.0. The molecule has 0 spiro atoms. The molecule has 1 heterocycles. The molecule has 0 atom stereocenters. The van der Waals surface area contributed by atoms with Crippen LogP contribution in [0.5, 0.6) is 0 Å². The summed E-state index contributed by atoms with van der Waals surface area (Å²) in [5, 5.41) is 0. The van der Waals surface area contributed by atoms with Gasteiger partial charge in [0.25, 0.3) is 0 Å². The van der Waals surface area contributed by atoms with Crippen LogP contribution in [-0.2, 0) is 4.79 Å². The quantitative estimate of drug-likeness (QED) is 0.611. The number of primary amides is 1. The minimum absolute atomic E-state index is 0.225. The fourth-order valence-corrected chi connectivity index (χ4v) is 0.449. The molecule has 1 fully saturated rings. The van der Waals surface area contributed by atoms with Gasteiger partial charge >= 0.3 is 0 Å². The van der Waals surface area contributed by atoms with Crippen molar-refractivity contribution < 1.29 is 4.79 Å². The largest absolute Gasteiger partial charge is 0.369 e. The molecule has 0 saturated carbocycles. The highest BCUT2D eigenvalue weighted by Crippen LogP contribution is 1.99. The van der Waals surface area contributed by atoms with Gasteiger partial charge < -0.3 is 5.73 Å². The Labute approximate surface area is 68.6 Å². The number of hydrogen-bond donors (Lipinski definition) is 1. The highest BCUT2D eigenvalue weighted by Gasteiger charge is 2.17.